The first-order valence-corrected chi connectivity index (χ1v) is 18.0. The average molecular weight is 680 g/mol. The monoisotopic (exact) mass is 679 g/mol. The summed E-state index contributed by atoms with van der Waals surface area (Å²) in [5, 5.41) is 25.9. The number of aromatic nitrogens is 2. The minimum atomic E-state index is -0.844. The van der Waals surface area contributed by atoms with Gasteiger partial charge in [0.1, 0.15) is 22.9 Å². The van der Waals surface area contributed by atoms with Crippen molar-refractivity contribution in [3.05, 3.63) is 53.6 Å². The Morgan fingerprint density at radius 1 is 1.04 bits per heavy atom. The zero-order valence-corrected chi connectivity index (χ0v) is 28.4. The van der Waals surface area contributed by atoms with Crippen molar-refractivity contribution in [2.75, 3.05) is 44.2 Å². The van der Waals surface area contributed by atoms with Crippen molar-refractivity contribution in [3.63, 3.8) is 0 Å². The Kier molecular flexibility index (Phi) is 7.33. The summed E-state index contributed by atoms with van der Waals surface area (Å²) in [7, 11) is 0. The number of aliphatic hydroxyl groups is 1. The van der Waals surface area contributed by atoms with E-state index in [1.807, 2.05) is 6.92 Å². The number of likely N-dealkylation sites (tertiary alicyclic amines) is 1. The number of phenolic OH excluding ortho intramolecular Hbond substituents is 1. The first-order chi connectivity index (χ1) is 24.0. The van der Waals surface area contributed by atoms with E-state index in [0.29, 0.717) is 47.3 Å². The number of halogens is 2. The van der Waals surface area contributed by atoms with Crippen LogP contribution in [0.4, 0.5) is 14.6 Å². The van der Waals surface area contributed by atoms with Crippen molar-refractivity contribution in [1.29, 1.82) is 0 Å². The lowest BCUT2D eigenvalue weighted by atomic mass is 9.56. The number of nitrogens with zero attached hydrogens (tertiary/aromatic N) is 4. The third kappa shape index (κ3) is 5.55. The SMILES string of the molecule is C#Cc1cccc2cc(O)cc(-c3c(F)cc4c(N5CC6CCC(C5)N6)nc(OCC5(CN6CCC7(CC6)CC(C)(O)C7)CC5)nc4c3F)c12. The highest BCUT2D eigenvalue weighted by Crippen LogP contribution is 2.55. The molecule has 3 saturated heterocycles. The van der Waals surface area contributed by atoms with Gasteiger partial charge >= 0.3 is 6.01 Å². The topological polar surface area (TPSA) is 94.0 Å². The predicted molar refractivity (Wildman–Crippen MR) is 189 cm³/mol. The van der Waals surface area contributed by atoms with Gasteiger partial charge in [-0.15, -0.1) is 6.42 Å². The summed E-state index contributed by atoms with van der Waals surface area (Å²) in [6.45, 7) is 6.67. The first-order valence-electron chi connectivity index (χ1n) is 18.0. The fourth-order valence-electron chi connectivity index (χ4n) is 9.73. The molecule has 5 fully saturated rings. The van der Waals surface area contributed by atoms with Gasteiger partial charge in [0, 0.05) is 59.0 Å². The molecule has 4 aromatic rings. The molecule has 50 heavy (non-hydrogen) atoms. The molecule has 0 radical (unpaired) electrons. The van der Waals surface area contributed by atoms with Gasteiger partial charge in [-0.05, 0) is 106 Å². The smallest absolute Gasteiger partial charge is 0.319 e. The lowest BCUT2D eigenvalue weighted by molar-refractivity contribution is -0.138. The van der Waals surface area contributed by atoms with Gasteiger partial charge in [0.2, 0.25) is 0 Å². The summed E-state index contributed by atoms with van der Waals surface area (Å²) in [5.41, 5.74) is 0.0836. The number of aromatic hydroxyl groups is 1. The molecule has 2 bridgehead atoms. The number of piperidine rings is 1. The Bertz CT molecular complexity index is 2040. The van der Waals surface area contributed by atoms with Crippen LogP contribution in [0.1, 0.15) is 63.9 Å². The van der Waals surface area contributed by atoms with Crippen molar-refractivity contribution in [2.45, 2.75) is 76.0 Å². The van der Waals surface area contributed by atoms with Crippen molar-refractivity contribution < 1.29 is 23.7 Å². The number of benzene rings is 3. The van der Waals surface area contributed by atoms with Crippen LogP contribution in [-0.4, -0.2) is 82.1 Å². The van der Waals surface area contributed by atoms with Crippen molar-refractivity contribution in [3.8, 4) is 35.2 Å². The number of fused-ring (bicyclic) bond motifs is 4. The Labute approximate surface area is 290 Å². The van der Waals surface area contributed by atoms with Crippen LogP contribution in [0, 0.1) is 34.8 Å². The average Bonchev–Trinajstić information content (AvgIpc) is 3.76. The van der Waals surface area contributed by atoms with Gasteiger partial charge in [-0.1, -0.05) is 18.1 Å². The second-order valence-electron chi connectivity index (χ2n) is 16.3. The number of hydrogen-bond acceptors (Lipinski definition) is 8. The van der Waals surface area contributed by atoms with E-state index < -0.39 is 17.2 Å². The number of rotatable bonds is 7. The Morgan fingerprint density at radius 2 is 1.78 bits per heavy atom. The second-order valence-corrected chi connectivity index (χ2v) is 16.3. The largest absolute Gasteiger partial charge is 0.508 e. The predicted octanol–water partition coefficient (Wildman–Crippen LogP) is 6.14. The molecule has 2 aliphatic carbocycles. The van der Waals surface area contributed by atoms with Crippen LogP contribution in [0.5, 0.6) is 11.8 Å². The molecule has 2 atom stereocenters. The van der Waals surface area contributed by atoms with Gasteiger partial charge in [0.15, 0.2) is 5.82 Å². The number of phenols is 1. The molecule has 3 aliphatic heterocycles. The first kappa shape index (κ1) is 31.9. The number of nitrogens with one attached hydrogen (secondary N) is 1. The number of hydrogen-bond donors (Lipinski definition) is 3. The van der Waals surface area contributed by atoms with Gasteiger partial charge in [-0.3, -0.25) is 0 Å². The maximum atomic E-state index is 17.0. The lowest BCUT2D eigenvalue weighted by Crippen LogP contribution is -2.55. The summed E-state index contributed by atoms with van der Waals surface area (Å²) >= 11 is 0. The number of anilines is 1. The van der Waals surface area contributed by atoms with Gasteiger partial charge in [-0.25, -0.2) is 8.78 Å². The minimum Gasteiger partial charge on any atom is -0.508 e. The van der Waals surface area contributed by atoms with Gasteiger partial charge in [0.25, 0.3) is 0 Å². The third-order valence-electron chi connectivity index (χ3n) is 12.2. The molecule has 2 saturated carbocycles. The summed E-state index contributed by atoms with van der Waals surface area (Å²) in [5.74, 6) is 1.36. The normalized spacial score (nSPS) is 24.7. The highest BCUT2D eigenvalue weighted by Gasteiger charge is 2.53. The molecule has 10 heteroatoms. The fraction of sp³-hybridized carbons (Fsp3) is 0.500. The van der Waals surface area contributed by atoms with Crippen molar-refractivity contribution in [2.24, 2.45) is 10.8 Å². The zero-order chi connectivity index (χ0) is 34.4. The molecule has 1 spiro atoms. The summed E-state index contributed by atoms with van der Waals surface area (Å²) in [6, 6.07) is 10.1. The van der Waals surface area contributed by atoms with Crippen LogP contribution in [0.2, 0.25) is 0 Å². The van der Waals surface area contributed by atoms with E-state index in [0.717, 1.165) is 71.0 Å². The van der Waals surface area contributed by atoms with Crippen LogP contribution < -0.4 is 15.0 Å². The van der Waals surface area contributed by atoms with Crippen LogP contribution in [0.3, 0.4) is 0 Å². The lowest BCUT2D eigenvalue weighted by Gasteiger charge is -2.55. The number of ether oxygens (including phenoxy) is 1. The Morgan fingerprint density at radius 3 is 2.46 bits per heavy atom. The van der Waals surface area contributed by atoms with E-state index in [1.54, 1.807) is 18.2 Å². The molecule has 1 aromatic heterocycles. The molecule has 4 heterocycles. The Hall–Kier alpha value is -4.04. The molecular formula is C40H43F2N5O3. The van der Waals surface area contributed by atoms with Crippen molar-refractivity contribution in [1.82, 2.24) is 20.2 Å². The van der Waals surface area contributed by atoms with Crippen LogP contribution in [-0.2, 0) is 0 Å². The quantitative estimate of drug-likeness (QED) is 0.201. The maximum absolute atomic E-state index is 17.0. The molecule has 3 N–H and O–H groups in total. The highest BCUT2D eigenvalue weighted by molar-refractivity contribution is 6.04. The summed E-state index contributed by atoms with van der Waals surface area (Å²) in [4.78, 5) is 14.1. The summed E-state index contributed by atoms with van der Waals surface area (Å²) in [6.07, 6.45) is 14.0. The van der Waals surface area contributed by atoms with Crippen molar-refractivity contribution >= 4 is 27.5 Å². The minimum absolute atomic E-state index is 0.0130. The summed E-state index contributed by atoms with van der Waals surface area (Å²) < 4.78 is 39.7. The molecule has 0 amide bonds. The van der Waals surface area contributed by atoms with E-state index in [2.05, 4.69) is 26.0 Å². The third-order valence-corrected chi connectivity index (χ3v) is 12.2. The second kappa shape index (κ2) is 11.5. The number of terminal acetylenes is 1. The van der Waals surface area contributed by atoms with Crippen LogP contribution in [0.15, 0.2) is 36.4 Å². The van der Waals surface area contributed by atoms with E-state index in [-0.39, 0.29) is 51.3 Å². The van der Waals surface area contributed by atoms with Crippen LogP contribution in [0.25, 0.3) is 32.8 Å². The molecule has 8 nitrogen and oxygen atoms in total. The van der Waals surface area contributed by atoms with Gasteiger partial charge in [0.05, 0.1) is 17.8 Å². The zero-order valence-electron chi connectivity index (χ0n) is 28.4. The Balaban J connectivity index is 1.06. The van der Waals surface area contributed by atoms with Crippen LogP contribution >= 0.6 is 0 Å². The molecule has 9 rings (SSSR count). The van der Waals surface area contributed by atoms with E-state index >= 15 is 8.78 Å². The molecule has 5 aliphatic rings. The highest BCUT2D eigenvalue weighted by atomic mass is 19.1. The maximum Gasteiger partial charge on any atom is 0.319 e. The van der Waals surface area contributed by atoms with E-state index in [1.165, 1.54) is 18.2 Å². The number of piperazine rings is 1. The molecule has 260 valence electrons. The molecular weight excluding hydrogens is 636 g/mol. The van der Waals surface area contributed by atoms with E-state index in [9.17, 15) is 10.2 Å². The molecule has 2 unspecified atom stereocenters. The molecule has 3 aromatic carbocycles. The van der Waals surface area contributed by atoms with E-state index in [4.69, 9.17) is 16.1 Å². The fourth-order valence-corrected chi connectivity index (χ4v) is 9.73. The standard InChI is InChI=1S/C40H43F2N5O3/c1-3-24-5-4-6-25-15-28(48)16-29(32(24)25)33-31(41)17-30-35(34(33)42)44-37(45-36(30)47-18-26-7-8-27(19-47)43-26)50-23-40(9-10-40)22-46-13-11-39(12-14-46)20-38(2,49)21-39/h1,4-6,15-17,26-27,43,48-49H,7-14,18-23H2,2H3. The van der Waals surface area contributed by atoms with Gasteiger partial charge < -0.3 is 30.1 Å². The van der Waals surface area contributed by atoms with Gasteiger partial charge in [-0.2, -0.15) is 9.97 Å².